The largest absolute Gasteiger partial charge is 0.494 e. The number of ketones is 1. The third-order valence-electron chi connectivity index (χ3n) is 6.38. The van der Waals surface area contributed by atoms with Gasteiger partial charge < -0.3 is 9.30 Å². The van der Waals surface area contributed by atoms with E-state index < -0.39 is 10.8 Å². The zero-order valence-electron chi connectivity index (χ0n) is 22.3. The van der Waals surface area contributed by atoms with Gasteiger partial charge in [-0.05, 0) is 84.1 Å². The summed E-state index contributed by atoms with van der Waals surface area (Å²) < 4.78 is 20.5. The van der Waals surface area contributed by atoms with E-state index in [9.17, 15) is 9.00 Å². The zero-order valence-corrected chi connectivity index (χ0v) is 23.9. The van der Waals surface area contributed by atoms with Gasteiger partial charge in [0.1, 0.15) is 5.75 Å². The van der Waals surface area contributed by atoms with Gasteiger partial charge in [-0.3, -0.25) is 9.00 Å². The number of unbranched alkanes of at least 4 members (excludes halogenated alkanes) is 1. The number of allylic oxidation sites excluding steroid dienone is 1. The van der Waals surface area contributed by atoms with Crippen LogP contribution >= 0.6 is 11.6 Å². The van der Waals surface area contributed by atoms with Crippen LogP contribution in [-0.2, 0) is 34.3 Å². The maximum Gasteiger partial charge on any atom is 0.160 e. The molecule has 1 atom stereocenters. The Kier molecular flexibility index (Phi) is 10.3. The van der Waals surface area contributed by atoms with Crippen molar-refractivity contribution in [1.29, 1.82) is 0 Å². The van der Waals surface area contributed by atoms with Gasteiger partial charge >= 0.3 is 0 Å². The summed E-state index contributed by atoms with van der Waals surface area (Å²) in [5.41, 5.74) is 4.65. The van der Waals surface area contributed by atoms with Gasteiger partial charge in [-0.25, -0.2) is 4.98 Å². The van der Waals surface area contributed by atoms with Crippen LogP contribution in [0.5, 0.6) is 5.75 Å². The van der Waals surface area contributed by atoms with Gasteiger partial charge in [0.25, 0.3) is 0 Å². The molecular formula is C32H33ClN2O3S. The van der Waals surface area contributed by atoms with Crippen LogP contribution < -0.4 is 4.74 Å². The number of halogens is 1. The second kappa shape index (κ2) is 14.1. The van der Waals surface area contributed by atoms with E-state index in [4.69, 9.17) is 16.3 Å². The highest BCUT2D eigenvalue weighted by atomic mass is 35.5. The summed E-state index contributed by atoms with van der Waals surface area (Å²) in [5.74, 6) is 1.23. The van der Waals surface area contributed by atoms with Crippen LogP contribution in [0.25, 0.3) is 17.2 Å². The van der Waals surface area contributed by atoms with Crippen LogP contribution in [0.15, 0.2) is 90.2 Å². The SMILES string of the molecule is CCCCOc1ccc(-c2ccc(Cl)c(/C=C/C(=O)Cc3ccc([S@@](=O)Cc4cncn4CC)cc3)c2)cc1. The summed E-state index contributed by atoms with van der Waals surface area (Å²) in [6.07, 6.45) is 9.21. The molecule has 0 saturated carbocycles. The molecular weight excluding hydrogens is 528 g/mol. The van der Waals surface area contributed by atoms with Gasteiger partial charge in [0, 0.05) is 29.1 Å². The lowest BCUT2D eigenvalue weighted by Crippen LogP contribution is -2.04. The number of carbonyl (C=O) groups is 1. The normalized spacial score (nSPS) is 12.1. The summed E-state index contributed by atoms with van der Waals surface area (Å²) in [7, 11) is -1.18. The Morgan fingerprint density at radius 3 is 2.49 bits per heavy atom. The van der Waals surface area contributed by atoms with Crippen LogP contribution in [0, 0.1) is 0 Å². The third-order valence-corrected chi connectivity index (χ3v) is 8.08. The van der Waals surface area contributed by atoms with E-state index in [1.807, 2.05) is 78.2 Å². The summed E-state index contributed by atoms with van der Waals surface area (Å²) in [6.45, 7) is 5.68. The molecule has 1 aromatic heterocycles. The second-order valence-electron chi connectivity index (χ2n) is 9.24. The number of aryl methyl sites for hydroxylation is 1. The summed E-state index contributed by atoms with van der Waals surface area (Å²) >= 11 is 6.42. The van der Waals surface area contributed by atoms with Crippen molar-refractivity contribution in [1.82, 2.24) is 9.55 Å². The summed E-state index contributed by atoms with van der Waals surface area (Å²) in [5, 5.41) is 0.582. The van der Waals surface area contributed by atoms with Gasteiger partial charge in [0.05, 0.1) is 35.2 Å². The Bertz CT molecular complexity index is 1440. The first-order chi connectivity index (χ1) is 19.0. The van der Waals surface area contributed by atoms with E-state index in [-0.39, 0.29) is 12.2 Å². The fraction of sp³-hybridized carbons (Fsp3) is 0.250. The lowest BCUT2D eigenvalue weighted by Gasteiger charge is -2.08. The highest BCUT2D eigenvalue weighted by molar-refractivity contribution is 7.84. The van der Waals surface area contributed by atoms with E-state index in [2.05, 4.69) is 11.9 Å². The molecule has 0 aliphatic heterocycles. The number of hydrogen-bond acceptors (Lipinski definition) is 4. The molecule has 0 aliphatic carbocycles. The van der Waals surface area contributed by atoms with Crippen LogP contribution in [-0.4, -0.2) is 26.2 Å². The van der Waals surface area contributed by atoms with Crippen LogP contribution in [0.3, 0.4) is 0 Å². The van der Waals surface area contributed by atoms with Gasteiger partial charge in [-0.15, -0.1) is 0 Å². The molecule has 0 saturated heterocycles. The van der Waals surface area contributed by atoms with E-state index in [1.165, 1.54) is 0 Å². The van der Waals surface area contributed by atoms with Crippen molar-refractivity contribution in [2.24, 2.45) is 0 Å². The minimum absolute atomic E-state index is 0.0363. The average molecular weight is 561 g/mol. The molecule has 0 N–H and O–H groups in total. The Hall–Kier alpha value is -3.48. The highest BCUT2D eigenvalue weighted by Crippen LogP contribution is 2.28. The Labute approximate surface area is 238 Å². The third kappa shape index (κ3) is 8.01. The van der Waals surface area contributed by atoms with Gasteiger partial charge in [-0.1, -0.05) is 55.3 Å². The molecule has 39 heavy (non-hydrogen) atoms. The number of imidazole rings is 1. The molecule has 0 spiro atoms. The van der Waals surface area contributed by atoms with E-state index in [0.29, 0.717) is 10.8 Å². The van der Waals surface area contributed by atoms with Gasteiger partial charge in [0.2, 0.25) is 0 Å². The number of ether oxygens (including phenoxy) is 1. The monoisotopic (exact) mass is 560 g/mol. The number of aromatic nitrogens is 2. The van der Waals surface area contributed by atoms with Crippen molar-refractivity contribution in [3.05, 3.63) is 107 Å². The molecule has 1 heterocycles. The van der Waals surface area contributed by atoms with E-state index in [1.54, 1.807) is 24.7 Å². The van der Waals surface area contributed by atoms with Gasteiger partial charge in [0.15, 0.2) is 5.78 Å². The maximum absolute atomic E-state index is 12.8. The lowest BCUT2D eigenvalue weighted by atomic mass is 10.0. The Morgan fingerprint density at radius 1 is 1.03 bits per heavy atom. The Balaban J connectivity index is 1.36. The van der Waals surface area contributed by atoms with Crippen molar-refractivity contribution in [2.45, 2.75) is 50.3 Å². The number of carbonyl (C=O) groups excluding carboxylic acids is 1. The summed E-state index contributed by atoms with van der Waals surface area (Å²) in [4.78, 5) is 17.6. The fourth-order valence-electron chi connectivity index (χ4n) is 4.10. The van der Waals surface area contributed by atoms with Crippen molar-refractivity contribution in [2.75, 3.05) is 6.61 Å². The molecule has 3 aromatic carbocycles. The molecule has 7 heteroatoms. The second-order valence-corrected chi connectivity index (χ2v) is 11.1. The number of benzene rings is 3. The molecule has 0 radical (unpaired) electrons. The molecule has 4 aromatic rings. The number of nitrogens with zero attached hydrogens (tertiary/aromatic N) is 2. The van der Waals surface area contributed by atoms with Crippen LogP contribution in [0.1, 0.15) is 43.5 Å². The first-order valence-corrected chi connectivity index (χ1v) is 14.9. The predicted molar refractivity (Wildman–Crippen MR) is 159 cm³/mol. The first kappa shape index (κ1) is 28.5. The van der Waals surface area contributed by atoms with E-state index in [0.717, 1.165) is 64.6 Å². The molecule has 0 fully saturated rings. The molecule has 4 rings (SSSR count). The minimum atomic E-state index is -1.18. The van der Waals surface area contributed by atoms with Gasteiger partial charge in [-0.2, -0.15) is 0 Å². The quantitative estimate of drug-likeness (QED) is 0.125. The van der Waals surface area contributed by atoms with Crippen molar-refractivity contribution in [3.63, 3.8) is 0 Å². The smallest absolute Gasteiger partial charge is 0.160 e. The number of hydrogen-bond donors (Lipinski definition) is 0. The van der Waals surface area contributed by atoms with Crippen LogP contribution in [0.4, 0.5) is 0 Å². The topological polar surface area (TPSA) is 61.2 Å². The average Bonchev–Trinajstić information content (AvgIpc) is 3.40. The Morgan fingerprint density at radius 2 is 1.77 bits per heavy atom. The number of rotatable bonds is 13. The van der Waals surface area contributed by atoms with Crippen LogP contribution in [0.2, 0.25) is 5.02 Å². The first-order valence-electron chi connectivity index (χ1n) is 13.2. The molecule has 202 valence electrons. The van der Waals surface area contributed by atoms with Crippen molar-refractivity contribution < 1.29 is 13.7 Å². The molecule has 0 amide bonds. The minimum Gasteiger partial charge on any atom is -0.494 e. The molecule has 0 bridgehead atoms. The fourth-order valence-corrected chi connectivity index (χ4v) is 5.40. The zero-order chi connectivity index (χ0) is 27.6. The predicted octanol–water partition coefficient (Wildman–Crippen LogP) is 7.54. The lowest BCUT2D eigenvalue weighted by molar-refractivity contribution is -0.113. The standard InChI is InChI=1S/C32H33ClN2O3S/c1-3-5-18-38-30-13-9-25(10-14-30)26-11-17-32(33)27(20-26)8-12-29(36)19-24-6-15-31(16-7-24)39(37)22-28-21-34-23-35(28)4-2/h6-17,20-21,23H,3-5,18-19,22H2,1-2H3/b12-8+/t39-/m0/s1. The molecule has 0 unspecified atom stereocenters. The molecule has 0 aliphatic rings. The summed E-state index contributed by atoms with van der Waals surface area (Å²) in [6, 6.07) is 21.2. The highest BCUT2D eigenvalue weighted by Gasteiger charge is 2.10. The van der Waals surface area contributed by atoms with Crippen molar-refractivity contribution in [3.8, 4) is 16.9 Å². The molecule has 5 nitrogen and oxygen atoms in total. The van der Waals surface area contributed by atoms with Crippen molar-refractivity contribution >= 4 is 34.3 Å². The maximum atomic E-state index is 12.8. The van der Waals surface area contributed by atoms with E-state index >= 15 is 0 Å².